The van der Waals surface area contributed by atoms with Gasteiger partial charge in [-0.15, -0.1) is 12.4 Å². The van der Waals surface area contributed by atoms with Gasteiger partial charge in [-0.3, -0.25) is 5.10 Å². The lowest BCUT2D eigenvalue weighted by Gasteiger charge is -2.06. The molecule has 13 heavy (non-hydrogen) atoms. The lowest BCUT2D eigenvalue weighted by molar-refractivity contribution is -0.144. The van der Waals surface area contributed by atoms with Crippen LogP contribution < -0.4 is 5.73 Å². The summed E-state index contributed by atoms with van der Waals surface area (Å²) in [6.45, 7) is 2.07. The molecule has 1 aromatic heterocycles. The Bertz CT molecular complexity index is 250. The van der Waals surface area contributed by atoms with E-state index < -0.39 is 12.0 Å². The van der Waals surface area contributed by atoms with Crippen LogP contribution in [-0.2, 0) is 9.53 Å². The Balaban J connectivity index is 0.00000144. The molecule has 0 fully saturated rings. The second-order valence-corrected chi connectivity index (χ2v) is 2.26. The molecular formula is C7H12ClN3O2. The largest absolute Gasteiger partial charge is 0.465 e. The van der Waals surface area contributed by atoms with Crippen molar-refractivity contribution < 1.29 is 9.53 Å². The van der Waals surface area contributed by atoms with Gasteiger partial charge in [0.05, 0.1) is 12.8 Å². The van der Waals surface area contributed by atoms with Gasteiger partial charge < -0.3 is 10.5 Å². The zero-order valence-electron chi connectivity index (χ0n) is 7.19. The van der Waals surface area contributed by atoms with E-state index in [0.29, 0.717) is 12.2 Å². The number of hydrogen-bond donors (Lipinski definition) is 2. The summed E-state index contributed by atoms with van der Waals surface area (Å²) in [5.74, 6) is -0.432. The number of H-pyrrole nitrogens is 1. The molecule has 6 heteroatoms. The molecule has 0 bridgehead atoms. The first kappa shape index (κ1) is 11.9. The molecular weight excluding hydrogens is 194 g/mol. The monoisotopic (exact) mass is 205 g/mol. The fourth-order valence-corrected chi connectivity index (χ4v) is 0.799. The van der Waals surface area contributed by atoms with Crippen molar-refractivity contribution >= 4 is 18.4 Å². The van der Waals surface area contributed by atoms with E-state index >= 15 is 0 Å². The lowest BCUT2D eigenvalue weighted by atomic mass is 10.2. The van der Waals surface area contributed by atoms with E-state index in [1.54, 1.807) is 13.1 Å². The number of nitrogens with one attached hydrogen (secondary N) is 1. The number of nitrogens with zero attached hydrogens (tertiary/aromatic N) is 1. The number of ether oxygens (including phenoxy) is 1. The van der Waals surface area contributed by atoms with Crippen molar-refractivity contribution in [2.45, 2.75) is 13.0 Å². The minimum atomic E-state index is -0.733. The molecule has 0 aliphatic heterocycles. The summed E-state index contributed by atoms with van der Waals surface area (Å²) in [4.78, 5) is 11.1. The number of esters is 1. The molecule has 1 heterocycles. The average Bonchev–Trinajstić information content (AvgIpc) is 2.55. The molecule has 1 atom stereocenters. The maximum Gasteiger partial charge on any atom is 0.327 e. The highest BCUT2D eigenvalue weighted by atomic mass is 35.5. The van der Waals surface area contributed by atoms with E-state index in [1.165, 1.54) is 6.20 Å². The van der Waals surface area contributed by atoms with Crippen molar-refractivity contribution in [3.63, 3.8) is 0 Å². The molecule has 0 aromatic carbocycles. The topological polar surface area (TPSA) is 81.0 Å². The van der Waals surface area contributed by atoms with Gasteiger partial charge in [0.15, 0.2) is 0 Å². The maximum atomic E-state index is 11.1. The summed E-state index contributed by atoms with van der Waals surface area (Å²) in [5.41, 5.74) is 6.17. The quantitative estimate of drug-likeness (QED) is 0.700. The first-order chi connectivity index (χ1) is 5.75. The predicted octanol–water partition coefficient (Wildman–Crippen LogP) is 0.394. The van der Waals surface area contributed by atoms with Gasteiger partial charge in [0.2, 0.25) is 0 Å². The van der Waals surface area contributed by atoms with Crippen LogP contribution in [-0.4, -0.2) is 22.8 Å². The molecule has 5 nitrogen and oxygen atoms in total. The van der Waals surface area contributed by atoms with E-state index in [-0.39, 0.29) is 12.4 Å². The highest BCUT2D eigenvalue weighted by molar-refractivity contribution is 5.85. The van der Waals surface area contributed by atoms with Crippen molar-refractivity contribution in [1.29, 1.82) is 0 Å². The van der Waals surface area contributed by atoms with Crippen LogP contribution in [0, 0.1) is 0 Å². The SMILES string of the molecule is CCOC(=O)C(N)c1cn[nH]c1.Cl. The van der Waals surface area contributed by atoms with Gasteiger partial charge in [0, 0.05) is 11.8 Å². The number of halogens is 1. The number of hydrogen-bond acceptors (Lipinski definition) is 4. The fourth-order valence-electron chi connectivity index (χ4n) is 0.799. The van der Waals surface area contributed by atoms with Crippen LogP contribution in [0.4, 0.5) is 0 Å². The molecule has 1 rings (SSSR count). The second-order valence-electron chi connectivity index (χ2n) is 2.26. The molecule has 0 saturated heterocycles. The zero-order chi connectivity index (χ0) is 8.97. The molecule has 1 unspecified atom stereocenters. The summed E-state index contributed by atoms with van der Waals surface area (Å²) in [7, 11) is 0. The van der Waals surface area contributed by atoms with Crippen molar-refractivity contribution in [2.75, 3.05) is 6.61 Å². The van der Waals surface area contributed by atoms with Crippen LogP contribution >= 0.6 is 12.4 Å². The normalized spacial score (nSPS) is 11.5. The molecule has 3 N–H and O–H groups in total. The van der Waals surface area contributed by atoms with Gasteiger partial charge in [-0.2, -0.15) is 5.10 Å². The third kappa shape index (κ3) is 3.04. The standard InChI is InChI=1S/C7H11N3O2.ClH/c1-2-12-7(11)6(8)5-3-9-10-4-5;/h3-4,6H,2,8H2,1H3,(H,9,10);1H. The number of carbonyl (C=O) groups excluding carboxylic acids is 1. The van der Waals surface area contributed by atoms with Crippen molar-refractivity contribution in [3.05, 3.63) is 18.0 Å². The third-order valence-corrected chi connectivity index (χ3v) is 1.42. The van der Waals surface area contributed by atoms with Crippen LogP contribution in [0.1, 0.15) is 18.5 Å². The molecule has 0 saturated carbocycles. The smallest absolute Gasteiger partial charge is 0.327 e. The van der Waals surface area contributed by atoms with Gasteiger partial charge >= 0.3 is 5.97 Å². The van der Waals surface area contributed by atoms with Crippen LogP contribution in [0.25, 0.3) is 0 Å². The van der Waals surface area contributed by atoms with Crippen molar-refractivity contribution in [1.82, 2.24) is 10.2 Å². The minimum Gasteiger partial charge on any atom is -0.465 e. The highest BCUT2D eigenvalue weighted by Gasteiger charge is 2.17. The Morgan fingerprint density at radius 2 is 2.54 bits per heavy atom. The number of aromatic amines is 1. The number of aromatic nitrogens is 2. The van der Waals surface area contributed by atoms with Gasteiger partial charge in [0.1, 0.15) is 6.04 Å². The van der Waals surface area contributed by atoms with Crippen molar-refractivity contribution in [2.24, 2.45) is 5.73 Å². The number of carbonyl (C=O) groups is 1. The van der Waals surface area contributed by atoms with Gasteiger partial charge in [0.25, 0.3) is 0 Å². The van der Waals surface area contributed by atoms with Crippen LogP contribution in [0.2, 0.25) is 0 Å². The Labute approximate surface area is 82.1 Å². The Hall–Kier alpha value is -1.07. The Kier molecular flexibility index (Phi) is 5.10. The van der Waals surface area contributed by atoms with Crippen molar-refractivity contribution in [3.8, 4) is 0 Å². The molecule has 0 spiro atoms. The summed E-state index contributed by atoms with van der Waals surface area (Å²) in [6, 6.07) is -0.733. The first-order valence-corrected chi connectivity index (χ1v) is 3.66. The summed E-state index contributed by atoms with van der Waals surface area (Å²) in [5, 5.41) is 6.24. The number of nitrogens with two attached hydrogens (primary N) is 1. The maximum absolute atomic E-state index is 11.1. The van der Waals surface area contributed by atoms with E-state index in [0.717, 1.165) is 0 Å². The molecule has 0 aliphatic rings. The van der Waals surface area contributed by atoms with Crippen LogP contribution in [0.5, 0.6) is 0 Å². The lowest BCUT2D eigenvalue weighted by Crippen LogP contribution is -2.23. The molecule has 0 amide bonds. The molecule has 1 aromatic rings. The van der Waals surface area contributed by atoms with Crippen LogP contribution in [0.15, 0.2) is 12.4 Å². The molecule has 0 aliphatic carbocycles. The van der Waals surface area contributed by atoms with Gasteiger partial charge in [-0.1, -0.05) is 0 Å². The average molecular weight is 206 g/mol. The van der Waals surface area contributed by atoms with E-state index in [9.17, 15) is 4.79 Å². The Morgan fingerprint density at radius 3 is 3.00 bits per heavy atom. The Morgan fingerprint density at radius 1 is 1.85 bits per heavy atom. The van der Waals surface area contributed by atoms with E-state index in [1.807, 2.05) is 0 Å². The summed E-state index contributed by atoms with van der Waals surface area (Å²) in [6.07, 6.45) is 3.07. The van der Waals surface area contributed by atoms with Crippen LogP contribution in [0.3, 0.4) is 0 Å². The number of rotatable bonds is 3. The highest BCUT2D eigenvalue weighted by Crippen LogP contribution is 2.08. The minimum absolute atomic E-state index is 0. The summed E-state index contributed by atoms with van der Waals surface area (Å²) < 4.78 is 4.72. The van der Waals surface area contributed by atoms with Gasteiger partial charge in [-0.25, -0.2) is 4.79 Å². The predicted molar refractivity (Wildman–Crippen MR) is 49.4 cm³/mol. The first-order valence-electron chi connectivity index (χ1n) is 3.66. The van der Waals surface area contributed by atoms with E-state index in [4.69, 9.17) is 10.5 Å². The van der Waals surface area contributed by atoms with E-state index in [2.05, 4.69) is 10.2 Å². The summed E-state index contributed by atoms with van der Waals surface area (Å²) >= 11 is 0. The zero-order valence-corrected chi connectivity index (χ0v) is 8.00. The fraction of sp³-hybridized carbons (Fsp3) is 0.429. The van der Waals surface area contributed by atoms with Gasteiger partial charge in [-0.05, 0) is 6.92 Å². The molecule has 74 valence electrons. The third-order valence-electron chi connectivity index (χ3n) is 1.42. The second kappa shape index (κ2) is 5.55. The molecule has 0 radical (unpaired) electrons.